The first-order chi connectivity index (χ1) is 40.6. The van der Waals surface area contributed by atoms with Crippen LogP contribution in [0.1, 0.15) is 75.8 Å². The Morgan fingerprint density at radius 3 is 1.71 bits per heavy atom. The number of carbonyl (C=O) groups is 6. The third-order valence-corrected chi connectivity index (χ3v) is 13.9. The Balaban J connectivity index is 1.14. The molecule has 2 aliphatic heterocycles. The van der Waals surface area contributed by atoms with Gasteiger partial charge in [0.15, 0.2) is 30.8 Å². The zero-order valence-corrected chi connectivity index (χ0v) is 48.3. The molecule has 8 rings (SSSR count). The van der Waals surface area contributed by atoms with Crippen LogP contribution in [0.2, 0.25) is 0 Å². The van der Waals surface area contributed by atoms with Crippen LogP contribution >= 0.6 is 34.8 Å². The molecule has 12 atom stereocenters. The fraction of sp³-hybridized carbons (Fsp3) is 0.390. The molecule has 450 valence electrons. The van der Waals surface area contributed by atoms with E-state index in [0.29, 0.717) is 0 Å². The van der Waals surface area contributed by atoms with E-state index in [4.69, 9.17) is 82.2 Å². The highest BCUT2D eigenvalue weighted by atomic mass is 35.6. The highest BCUT2D eigenvalue weighted by Gasteiger charge is 2.56. The number of nitrogens with zero attached hydrogens (tertiary/aromatic N) is 3. The first-order valence-corrected chi connectivity index (χ1v) is 27.8. The summed E-state index contributed by atoms with van der Waals surface area (Å²) in [6.45, 7) is 3.38. The maximum Gasteiger partial charge on any atom is 0.407 e. The largest absolute Gasteiger partial charge is 0.459 e. The second-order valence-corrected chi connectivity index (χ2v) is 23.2. The molecule has 85 heavy (non-hydrogen) atoms. The van der Waals surface area contributed by atoms with Crippen LogP contribution < -0.4 is 10.6 Å². The van der Waals surface area contributed by atoms with Crippen molar-refractivity contribution in [3.05, 3.63) is 178 Å². The molecule has 1 aliphatic carbocycles. The average molecular weight is 1230 g/mol. The molecular formula is C59H60Cl3N5O18. The fourth-order valence-electron chi connectivity index (χ4n) is 9.71. The van der Waals surface area contributed by atoms with Gasteiger partial charge in [0.1, 0.15) is 61.9 Å². The van der Waals surface area contributed by atoms with Gasteiger partial charge in [-0.2, -0.15) is 0 Å². The maximum absolute atomic E-state index is 14.3. The zero-order chi connectivity index (χ0) is 61.0. The van der Waals surface area contributed by atoms with E-state index in [1.54, 1.807) is 63.2 Å². The van der Waals surface area contributed by atoms with Crippen molar-refractivity contribution in [1.82, 2.24) is 10.6 Å². The first-order valence-electron chi connectivity index (χ1n) is 26.7. The topological polar surface area (TPSA) is 308 Å². The predicted octanol–water partition coefficient (Wildman–Crippen LogP) is 8.28. The van der Waals surface area contributed by atoms with E-state index in [-0.39, 0.29) is 29.2 Å². The molecule has 5 aromatic rings. The lowest BCUT2D eigenvalue weighted by atomic mass is 9.94. The molecule has 2 heterocycles. The van der Waals surface area contributed by atoms with E-state index in [1.165, 1.54) is 55.5 Å². The van der Waals surface area contributed by atoms with Crippen molar-refractivity contribution in [1.29, 1.82) is 0 Å². The van der Waals surface area contributed by atoms with Gasteiger partial charge in [-0.15, -0.1) is 0 Å². The number of hydrogen-bond donors (Lipinski definition) is 4. The van der Waals surface area contributed by atoms with Crippen molar-refractivity contribution in [2.45, 2.75) is 116 Å². The Morgan fingerprint density at radius 2 is 1.18 bits per heavy atom. The van der Waals surface area contributed by atoms with Gasteiger partial charge in [-0.1, -0.05) is 143 Å². The Bertz CT molecular complexity index is 3140. The second kappa shape index (κ2) is 28.6. The van der Waals surface area contributed by atoms with Crippen LogP contribution in [0.4, 0.5) is 9.59 Å². The van der Waals surface area contributed by atoms with Crippen LogP contribution in [-0.2, 0) is 52.2 Å². The van der Waals surface area contributed by atoms with Gasteiger partial charge < -0.3 is 68.2 Å². The summed E-state index contributed by atoms with van der Waals surface area (Å²) in [7, 11) is 0. The number of nitrogens with one attached hydrogen (secondary N) is 2. The van der Waals surface area contributed by atoms with Crippen molar-refractivity contribution < 1.29 is 86.3 Å². The van der Waals surface area contributed by atoms with Gasteiger partial charge in [0.2, 0.25) is 3.79 Å². The summed E-state index contributed by atoms with van der Waals surface area (Å²) in [4.78, 5) is 86.7. The van der Waals surface area contributed by atoms with Gasteiger partial charge in [-0.05, 0) is 91.9 Å². The van der Waals surface area contributed by atoms with Gasteiger partial charge in [-0.3, -0.25) is 0 Å². The van der Waals surface area contributed by atoms with E-state index in [2.05, 4.69) is 20.7 Å². The van der Waals surface area contributed by atoms with Crippen LogP contribution in [0.3, 0.4) is 0 Å². The van der Waals surface area contributed by atoms with Crippen molar-refractivity contribution >= 4 is 70.9 Å². The molecule has 4 N–H and O–H groups in total. The molecule has 3 aliphatic rings. The molecule has 0 saturated carbocycles. The molecule has 2 amide bonds. The third-order valence-electron chi connectivity index (χ3n) is 13.6. The number of aliphatic hydroxyl groups excluding tert-OH is 2. The number of alkyl halides is 3. The monoisotopic (exact) mass is 1230 g/mol. The summed E-state index contributed by atoms with van der Waals surface area (Å²) in [5.41, 5.74) is 12.9. The molecule has 5 aromatic carbocycles. The Labute approximate surface area is 502 Å². The Kier molecular flexibility index (Phi) is 21.3. The number of fused-ring (bicyclic) bond motifs is 3. The van der Waals surface area contributed by atoms with Gasteiger partial charge in [0.05, 0.1) is 29.4 Å². The minimum Gasteiger partial charge on any atom is -0.459 e. The number of alkyl carbamates (subject to hydrolysis) is 2. The lowest BCUT2D eigenvalue weighted by Gasteiger charge is -2.48. The van der Waals surface area contributed by atoms with E-state index < -0.39 is 139 Å². The van der Waals surface area contributed by atoms with E-state index in [9.17, 15) is 44.5 Å². The van der Waals surface area contributed by atoms with Crippen LogP contribution in [0.15, 0.2) is 145 Å². The standard InChI is InChI=1S/C59H60Cl3N5O18/c1-32(43(53(73)85-58(2,3)4)64-56(74)77-29-40-38-26-16-14-24-36(38)37-25-15-17-27-39(37)40)79-55-45(66-67-63)48(46(69)41(28-68)80-55)84-54-44(65-57(75)78-31-59(60,61)62)49(83-52(72)35-22-12-7-13-23-35)47(82-51(71)34-20-10-6-11-21-34)42(81-54)30-76-50(70)33-18-8-5-9-19-33/h5-27,32,40-49,54-55,68-69H,28-31H2,1-4H3,(H,64,74)(H,65,75)/t32-,41-,42-,43+,44-,45-,46+,47-,48-,49-,54+,55+/m1/s1. The molecule has 0 aromatic heterocycles. The second-order valence-electron chi connectivity index (χ2n) is 20.7. The normalized spacial score (nSPS) is 23.4. The molecule has 26 heteroatoms. The molecule has 2 fully saturated rings. The number of aliphatic hydroxyl groups is 2. The lowest BCUT2D eigenvalue weighted by molar-refractivity contribution is -0.329. The van der Waals surface area contributed by atoms with Crippen molar-refractivity contribution in [2.24, 2.45) is 5.11 Å². The quantitative estimate of drug-likeness (QED) is 0.0142. The number of carbonyl (C=O) groups excluding carboxylic acids is 6. The van der Waals surface area contributed by atoms with Crippen LogP contribution in [0.25, 0.3) is 21.6 Å². The molecule has 2 saturated heterocycles. The number of ether oxygens (including phenoxy) is 10. The molecule has 0 radical (unpaired) electrons. The number of amides is 2. The lowest BCUT2D eigenvalue weighted by Crippen LogP contribution is -2.69. The molecular weight excluding hydrogens is 1170 g/mol. The van der Waals surface area contributed by atoms with E-state index >= 15 is 0 Å². The van der Waals surface area contributed by atoms with Crippen molar-refractivity contribution in [2.75, 3.05) is 26.4 Å². The molecule has 0 spiro atoms. The van der Waals surface area contributed by atoms with Crippen molar-refractivity contribution in [3.63, 3.8) is 0 Å². The number of azide groups is 1. The maximum atomic E-state index is 14.3. The molecule has 0 bridgehead atoms. The molecule has 0 unspecified atom stereocenters. The van der Waals surface area contributed by atoms with Gasteiger partial charge in [0.25, 0.3) is 0 Å². The van der Waals surface area contributed by atoms with Crippen LogP contribution in [-0.4, -0.2) is 156 Å². The Hall–Kier alpha value is -7.54. The van der Waals surface area contributed by atoms with Gasteiger partial charge in [0, 0.05) is 10.8 Å². The number of halogens is 3. The minimum absolute atomic E-state index is 0.000810. The van der Waals surface area contributed by atoms with Crippen molar-refractivity contribution in [3.8, 4) is 11.1 Å². The number of hydrogen-bond acceptors (Lipinski definition) is 19. The minimum atomic E-state index is -2.16. The fourth-order valence-corrected chi connectivity index (χ4v) is 9.88. The van der Waals surface area contributed by atoms with Gasteiger partial charge >= 0.3 is 36.1 Å². The summed E-state index contributed by atoms with van der Waals surface area (Å²) in [5, 5.41) is 31.7. The summed E-state index contributed by atoms with van der Waals surface area (Å²) in [6.07, 6.45) is -18.9. The van der Waals surface area contributed by atoms with Gasteiger partial charge in [-0.25, -0.2) is 28.8 Å². The smallest absolute Gasteiger partial charge is 0.407 e. The molecule has 23 nitrogen and oxygen atoms in total. The average Bonchev–Trinajstić information content (AvgIpc) is 2.70. The zero-order valence-electron chi connectivity index (χ0n) is 46.0. The van der Waals surface area contributed by atoms with E-state index in [0.717, 1.165) is 22.3 Å². The highest BCUT2D eigenvalue weighted by molar-refractivity contribution is 6.67. The van der Waals surface area contributed by atoms with Crippen LogP contribution in [0.5, 0.6) is 0 Å². The highest BCUT2D eigenvalue weighted by Crippen LogP contribution is 2.45. The third kappa shape index (κ3) is 16.5. The van der Waals surface area contributed by atoms with Crippen LogP contribution in [0, 0.1) is 0 Å². The van der Waals surface area contributed by atoms with E-state index in [1.807, 2.05) is 48.5 Å². The summed E-state index contributed by atoms with van der Waals surface area (Å²) in [5.74, 6) is -4.31. The predicted molar refractivity (Wildman–Crippen MR) is 303 cm³/mol. The summed E-state index contributed by atoms with van der Waals surface area (Å²) >= 11 is 17.8. The first kappa shape index (κ1) is 63.5. The number of esters is 4. The number of benzene rings is 5. The summed E-state index contributed by atoms with van der Waals surface area (Å²) < 4.78 is 57.9. The Morgan fingerprint density at radius 1 is 0.659 bits per heavy atom. The SMILES string of the molecule is C[C@@H](O[C@H]1O[C@H](CO)[C@H](O)[C@H](O[C@@H]2O[C@H](COC(=O)c3ccccc3)[C@@H](OC(=O)c3ccccc3)[C@H](OC(=O)c3ccccc3)[C@H]2NC(=O)OCC(Cl)(Cl)Cl)[C@H]1N=[N+]=[N-])[C@H](NC(=O)OCC1c2ccccc2-c2ccccc21)C(=O)OC(C)(C)C. The summed E-state index contributed by atoms with van der Waals surface area (Å²) in [6, 6.07) is 32.7. The number of rotatable bonds is 20.